The van der Waals surface area contributed by atoms with Crippen LogP contribution in [0.15, 0.2) is 40.3 Å². The number of nitrogens with one attached hydrogen (secondary N) is 1. The first kappa shape index (κ1) is 19.4. The van der Waals surface area contributed by atoms with Crippen molar-refractivity contribution < 1.29 is 18.7 Å². The van der Waals surface area contributed by atoms with Gasteiger partial charge in [-0.3, -0.25) is 4.79 Å². The summed E-state index contributed by atoms with van der Waals surface area (Å²) in [6.07, 6.45) is 5.54. The summed E-state index contributed by atoms with van der Waals surface area (Å²) in [6, 6.07) is 10.7. The van der Waals surface area contributed by atoms with Crippen molar-refractivity contribution in [2.45, 2.75) is 38.6 Å². The molecule has 1 aliphatic rings. The quantitative estimate of drug-likeness (QED) is 0.482. The largest absolute Gasteiger partial charge is 0.465 e. The molecule has 0 saturated heterocycles. The molecule has 0 unspecified atom stereocenters. The predicted molar refractivity (Wildman–Crippen MR) is 104 cm³/mol. The zero-order valence-electron chi connectivity index (χ0n) is 16.0. The van der Waals surface area contributed by atoms with Crippen molar-refractivity contribution >= 4 is 18.0 Å². The fourth-order valence-electron chi connectivity index (χ4n) is 3.33. The summed E-state index contributed by atoms with van der Waals surface area (Å²) >= 11 is 0. The molecule has 28 heavy (non-hydrogen) atoms. The number of nitriles is 1. The van der Waals surface area contributed by atoms with Gasteiger partial charge in [-0.1, -0.05) is 18.9 Å². The molecule has 1 fully saturated rings. The molecule has 0 bridgehead atoms. The van der Waals surface area contributed by atoms with Gasteiger partial charge in [0.05, 0.1) is 12.7 Å². The molecule has 1 aromatic heterocycles. The average Bonchev–Trinajstić information content (AvgIpc) is 3.37. The van der Waals surface area contributed by atoms with Crippen LogP contribution >= 0.6 is 0 Å². The third-order valence-electron chi connectivity index (χ3n) is 4.89. The number of carbonyl (C=O) groups excluding carboxylic acids is 2. The van der Waals surface area contributed by atoms with Crippen molar-refractivity contribution in [3.05, 3.63) is 52.8 Å². The van der Waals surface area contributed by atoms with E-state index in [9.17, 15) is 14.9 Å². The molecule has 0 atom stereocenters. The second-order valence-electron chi connectivity index (χ2n) is 6.85. The fraction of sp³-hybridized carbons (Fsp3) is 0.318. The van der Waals surface area contributed by atoms with Gasteiger partial charge in [0.1, 0.15) is 23.2 Å². The van der Waals surface area contributed by atoms with Gasteiger partial charge in [-0.15, -0.1) is 0 Å². The Balaban J connectivity index is 1.83. The molecule has 6 heteroatoms. The van der Waals surface area contributed by atoms with Crippen molar-refractivity contribution in [2.75, 3.05) is 7.11 Å². The van der Waals surface area contributed by atoms with E-state index >= 15 is 0 Å². The van der Waals surface area contributed by atoms with E-state index < -0.39 is 5.97 Å². The van der Waals surface area contributed by atoms with Crippen LogP contribution in [0, 0.1) is 18.3 Å². The lowest BCUT2D eigenvalue weighted by Crippen LogP contribution is -2.33. The van der Waals surface area contributed by atoms with Gasteiger partial charge in [0.25, 0.3) is 5.91 Å². The summed E-state index contributed by atoms with van der Waals surface area (Å²) in [5, 5.41) is 12.3. The molecule has 1 heterocycles. The number of hydrogen-bond acceptors (Lipinski definition) is 5. The number of methoxy groups -OCH3 is 1. The second-order valence-corrected chi connectivity index (χ2v) is 6.85. The fourth-order valence-corrected chi connectivity index (χ4v) is 3.33. The first-order chi connectivity index (χ1) is 13.5. The lowest BCUT2D eigenvalue weighted by atomic mass is 10.0. The summed E-state index contributed by atoms with van der Waals surface area (Å²) in [4.78, 5) is 24.1. The van der Waals surface area contributed by atoms with Crippen molar-refractivity contribution in [3.8, 4) is 17.4 Å². The maximum Gasteiger partial charge on any atom is 0.337 e. The summed E-state index contributed by atoms with van der Waals surface area (Å²) in [6.45, 7) is 1.91. The van der Waals surface area contributed by atoms with Crippen LogP contribution < -0.4 is 5.32 Å². The van der Waals surface area contributed by atoms with Gasteiger partial charge >= 0.3 is 5.97 Å². The summed E-state index contributed by atoms with van der Waals surface area (Å²) < 4.78 is 10.6. The number of carbonyl (C=O) groups is 2. The van der Waals surface area contributed by atoms with Gasteiger partial charge in [0.15, 0.2) is 0 Å². The molecule has 0 aliphatic heterocycles. The lowest BCUT2D eigenvalue weighted by molar-refractivity contribution is -0.117. The topological polar surface area (TPSA) is 92.3 Å². The van der Waals surface area contributed by atoms with Crippen molar-refractivity contribution in [2.24, 2.45) is 0 Å². The van der Waals surface area contributed by atoms with Crippen LogP contribution in [0.4, 0.5) is 0 Å². The number of hydrogen-bond donors (Lipinski definition) is 1. The van der Waals surface area contributed by atoms with Crippen LogP contribution in [-0.2, 0) is 9.53 Å². The van der Waals surface area contributed by atoms with E-state index in [1.807, 2.05) is 19.1 Å². The van der Waals surface area contributed by atoms with Gasteiger partial charge in [-0.25, -0.2) is 4.79 Å². The standard InChI is InChI=1S/C22H22N2O4/c1-14-7-8-15(22(26)27-2)12-19(14)20-10-9-18(28-20)11-16(13-23)21(25)24-17-5-3-4-6-17/h7-12,17H,3-6H2,1-2H3,(H,24,25)/b16-11-. The van der Waals surface area contributed by atoms with E-state index in [0.29, 0.717) is 17.1 Å². The minimum atomic E-state index is -0.428. The van der Waals surface area contributed by atoms with E-state index in [4.69, 9.17) is 9.15 Å². The van der Waals surface area contributed by atoms with Gasteiger partial charge in [0, 0.05) is 17.7 Å². The SMILES string of the molecule is COC(=O)c1ccc(C)c(-c2ccc(/C=C(/C#N)C(=O)NC3CCCC3)o2)c1. The Morgan fingerprint density at radius 2 is 2.00 bits per heavy atom. The van der Waals surface area contributed by atoms with E-state index in [1.165, 1.54) is 13.2 Å². The maximum atomic E-state index is 12.3. The van der Waals surface area contributed by atoms with E-state index in [0.717, 1.165) is 36.8 Å². The molecule has 1 aromatic carbocycles. The molecule has 1 N–H and O–H groups in total. The Morgan fingerprint density at radius 3 is 2.68 bits per heavy atom. The number of rotatable bonds is 5. The van der Waals surface area contributed by atoms with E-state index in [1.54, 1.807) is 24.3 Å². The molecule has 0 radical (unpaired) electrons. The van der Waals surface area contributed by atoms with E-state index in [-0.39, 0.29) is 17.5 Å². The highest BCUT2D eigenvalue weighted by atomic mass is 16.5. The minimum absolute atomic E-state index is 0.00725. The Kier molecular flexibility index (Phi) is 5.95. The number of aryl methyl sites for hydroxylation is 1. The highest BCUT2D eigenvalue weighted by Crippen LogP contribution is 2.28. The van der Waals surface area contributed by atoms with Crippen molar-refractivity contribution in [1.82, 2.24) is 5.32 Å². The van der Waals surface area contributed by atoms with Crippen LogP contribution in [0.1, 0.15) is 47.4 Å². The average molecular weight is 378 g/mol. The van der Waals surface area contributed by atoms with E-state index in [2.05, 4.69) is 5.32 Å². The second kappa shape index (κ2) is 8.57. The molecule has 1 saturated carbocycles. The van der Waals surface area contributed by atoms with Gasteiger partial charge < -0.3 is 14.5 Å². The van der Waals surface area contributed by atoms with Crippen LogP contribution in [0.25, 0.3) is 17.4 Å². The molecular weight excluding hydrogens is 356 g/mol. The Morgan fingerprint density at radius 1 is 1.25 bits per heavy atom. The summed E-state index contributed by atoms with van der Waals surface area (Å²) in [5.74, 6) is 0.137. The van der Waals surface area contributed by atoms with Gasteiger partial charge in [-0.05, 0) is 49.6 Å². The molecule has 3 rings (SSSR count). The molecule has 2 aromatic rings. The number of ether oxygens (including phenoxy) is 1. The van der Waals surface area contributed by atoms with Gasteiger partial charge in [-0.2, -0.15) is 5.26 Å². The zero-order valence-corrected chi connectivity index (χ0v) is 16.0. The molecule has 144 valence electrons. The number of benzene rings is 1. The van der Waals surface area contributed by atoms with Gasteiger partial charge in [0.2, 0.25) is 0 Å². The monoisotopic (exact) mass is 378 g/mol. The summed E-state index contributed by atoms with van der Waals surface area (Å²) in [7, 11) is 1.33. The smallest absolute Gasteiger partial charge is 0.337 e. The van der Waals surface area contributed by atoms with Crippen LogP contribution in [0.3, 0.4) is 0 Å². The number of esters is 1. The van der Waals surface area contributed by atoms with Crippen molar-refractivity contribution in [3.63, 3.8) is 0 Å². The lowest BCUT2D eigenvalue weighted by Gasteiger charge is -2.10. The number of furan rings is 1. The zero-order chi connectivity index (χ0) is 20.1. The Labute approximate surface area is 163 Å². The van der Waals surface area contributed by atoms with Crippen LogP contribution in [0.2, 0.25) is 0 Å². The first-order valence-electron chi connectivity index (χ1n) is 9.23. The van der Waals surface area contributed by atoms with Crippen LogP contribution in [0.5, 0.6) is 0 Å². The predicted octanol–water partition coefficient (Wildman–Crippen LogP) is 4.01. The molecule has 0 spiro atoms. The Hall–Kier alpha value is -3.33. The molecular formula is C22H22N2O4. The molecule has 6 nitrogen and oxygen atoms in total. The third-order valence-corrected chi connectivity index (χ3v) is 4.89. The Bertz CT molecular complexity index is 959. The molecule has 1 amide bonds. The molecule has 1 aliphatic carbocycles. The normalized spacial score (nSPS) is 14.5. The van der Waals surface area contributed by atoms with Crippen LogP contribution in [-0.4, -0.2) is 25.0 Å². The van der Waals surface area contributed by atoms with Crippen molar-refractivity contribution in [1.29, 1.82) is 5.26 Å². The number of nitrogens with zero attached hydrogens (tertiary/aromatic N) is 1. The summed E-state index contributed by atoms with van der Waals surface area (Å²) in [5.41, 5.74) is 2.10. The highest BCUT2D eigenvalue weighted by molar-refractivity contribution is 6.01. The maximum absolute atomic E-state index is 12.3. The first-order valence-corrected chi connectivity index (χ1v) is 9.23. The number of amides is 1. The minimum Gasteiger partial charge on any atom is -0.465 e. The highest BCUT2D eigenvalue weighted by Gasteiger charge is 2.20. The third kappa shape index (κ3) is 4.32.